The minimum atomic E-state index is 1.24. The van der Waals surface area contributed by atoms with Gasteiger partial charge in [0.2, 0.25) is 0 Å². The van der Waals surface area contributed by atoms with Gasteiger partial charge in [-0.2, -0.15) is 0 Å². The molecule has 0 aromatic heterocycles. The van der Waals surface area contributed by atoms with Crippen LogP contribution >= 0.6 is 0 Å². The summed E-state index contributed by atoms with van der Waals surface area (Å²) in [5, 5.41) is 2.74. The van der Waals surface area contributed by atoms with E-state index >= 15 is 0 Å². The largest absolute Gasteiger partial charge is 0.0885 e. The van der Waals surface area contributed by atoms with Crippen LogP contribution < -0.4 is 0 Å². The summed E-state index contributed by atoms with van der Waals surface area (Å²) < 4.78 is 0. The molecule has 0 radical (unpaired) electrons. The third kappa shape index (κ3) is 13.1. The molecule has 0 heterocycles. The van der Waals surface area contributed by atoms with E-state index in [1.54, 1.807) is 0 Å². The molecule has 0 fully saturated rings. The molecule has 0 saturated heterocycles. The van der Waals surface area contributed by atoms with E-state index in [1.165, 1.54) is 138 Å². The second-order valence-corrected chi connectivity index (χ2v) is 9.78. The summed E-state index contributed by atoms with van der Waals surface area (Å²) in [6.45, 7) is 2.27. The van der Waals surface area contributed by atoms with Gasteiger partial charge in [0.05, 0.1) is 0 Å². The van der Waals surface area contributed by atoms with Crippen LogP contribution in [0.25, 0.3) is 10.8 Å². The van der Waals surface area contributed by atoms with Gasteiger partial charge in [0.15, 0.2) is 0 Å². The van der Waals surface area contributed by atoms with Gasteiger partial charge in [-0.3, -0.25) is 0 Å². The lowest BCUT2D eigenvalue weighted by Gasteiger charge is -2.05. The molecule has 0 amide bonds. The number of hydrogen-bond acceptors (Lipinski definition) is 0. The van der Waals surface area contributed by atoms with E-state index in [0.29, 0.717) is 0 Å². The summed E-state index contributed by atoms with van der Waals surface area (Å²) >= 11 is 0. The quantitative estimate of drug-likeness (QED) is 0.143. The van der Waals surface area contributed by atoms with Crippen molar-refractivity contribution in [3.05, 3.63) is 60.2 Å². The van der Waals surface area contributed by atoms with Gasteiger partial charge in [0, 0.05) is 0 Å². The Morgan fingerprint density at radius 1 is 0.500 bits per heavy atom. The van der Waals surface area contributed by atoms with Crippen molar-refractivity contribution in [2.75, 3.05) is 0 Å². The summed E-state index contributed by atoms with van der Waals surface area (Å²) in [6, 6.07) is 15.7. The Hall–Kier alpha value is -1.56. The second kappa shape index (κ2) is 19.0. The van der Waals surface area contributed by atoms with Gasteiger partial charge >= 0.3 is 0 Å². The van der Waals surface area contributed by atoms with E-state index in [-0.39, 0.29) is 0 Å². The minimum absolute atomic E-state index is 1.24. The van der Waals surface area contributed by atoms with Gasteiger partial charge in [-0.25, -0.2) is 0 Å². The lowest BCUT2D eigenvalue weighted by atomic mass is 10.0. The zero-order chi connectivity index (χ0) is 22.5. The van der Waals surface area contributed by atoms with Crippen LogP contribution in [0.15, 0.2) is 54.6 Å². The Morgan fingerprint density at radius 2 is 1.00 bits per heavy atom. The fraction of sp³-hybridized carbons (Fsp3) is 0.625. The van der Waals surface area contributed by atoms with Crippen molar-refractivity contribution in [3.63, 3.8) is 0 Å². The first-order chi connectivity index (χ1) is 15.9. The summed E-state index contributed by atoms with van der Waals surface area (Å²) in [7, 11) is 0. The van der Waals surface area contributed by atoms with Crippen molar-refractivity contribution in [2.45, 2.75) is 129 Å². The second-order valence-electron chi connectivity index (χ2n) is 9.78. The van der Waals surface area contributed by atoms with Crippen molar-refractivity contribution < 1.29 is 0 Å². The molecule has 0 atom stereocenters. The van der Waals surface area contributed by atoms with Gasteiger partial charge < -0.3 is 0 Å². The molecular formula is C32H50. The normalized spacial score (nSPS) is 11.7. The molecule has 0 heteroatoms. The monoisotopic (exact) mass is 434 g/mol. The molecular weight excluding hydrogens is 384 g/mol. The molecule has 0 aliphatic heterocycles. The van der Waals surface area contributed by atoms with Crippen molar-refractivity contribution in [2.24, 2.45) is 0 Å². The Balaban J connectivity index is 1.29. The standard InChI is InChI=1S/C32H50/c1-2-3-4-5-6-7-8-9-10-11-12-13-14-15-16-17-18-19-20-21-24-30-27-28-31-25-22-23-26-32(31)29-30/h5-6,22-23,25-29H,2-4,7-21,24H2,1H3/b6-5+. The number of hydrogen-bond donors (Lipinski definition) is 0. The molecule has 178 valence electrons. The van der Waals surface area contributed by atoms with E-state index in [9.17, 15) is 0 Å². The van der Waals surface area contributed by atoms with Crippen molar-refractivity contribution in [3.8, 4) is 0 Å². The molecule has 0 bridgehead atoms. The van der Waals surface area contributed by atoms with Crippen LogP contribution in [0.3, 0.4) is 0 Å². The zero-order valence-corrected chi connectivity index (χ0v) is 21.1. The highest BCUT2D eigenvalue weighted by Gasteiger charge is 1.98. The van der Waals surface area contributed by atoms with Crippen LogP contribution in [0.2, 0.25) is 0 Å². The maximum absolute atomic E-state index is 2.40. The van der Waals surface area contributed by atoms with Crippen LogP contribution in [0.4, 0.5) is 0 Å². The average molecular weight is 435 g/mol. The highest BCUT2D eigenvalue weighted by molar-refractivity contribution is 5.82. The summed E-state index contributed by atoms with van der Waals surface area (Å²) in [6.07, 6.45) is 31.3. The van der Waals surface area contributed by atoms with Gasteiger partial charge in [-0.1, -0.05) is 151 Å². The maximum Gasteiger partial charge on any atom is -0.0181 e. The number of fused-ring (bicyclic) bond motifs is 1. The number of aryl methyl sites for hydroxylation is 1. The Bertz CT molecular complexity index is 711. The average Bonchev–Trinajstić information content (AvgIpc) is 2.82. The predicted molar refractivity (Wildman–Crippen MR) is 146 cm³/mol. The number of allylic oxidation sites excluding steroid dienone is 2. The van der Waals surface area contributed by atoms with Gasteiger partial charge in [0.25, 0.3) is 0 Å². The summed E-state index contributed by atoms with van der Waals surface area (Å²) in [5.74, 6) is 0. The van der Waals surface area contributed by atoms with Crippen LogP contribution in [0.1, 0.15) is 128 Å². The van der Waals surface area contributed by atoms with E-state index in [4.69, 9.17) is 0 Å². The van der Waals surface area contributed by atoms with E-state index in [0.717, 1.165) is 0 Å². The first-order valence-corrected chi connectivity index (χ1v) is 14.0. The fourth-order valence-corrected chi connectivity index (χ4v) is 4.66. The smallest absolute Gasteiger partial charge is 0.0181 e. The predicted octanol–water partition coefficient (Wildman–Crippen LogP) is 11.0. The van der Waals surface area contributed by atoms with Gasteiger partial charge in [0.1, 0.15) is 0 Å². The van der Waals surface area contributed by atoms with Crippen LogP contribution in [0.5, 0.6) is 0 Å². The molecule has 32 heavy (non-hydrogen) atoms. The Labute approximate surface area is 199 Å². The van der Waals surface area contributed by atoms with Crippen molar-refractivity contribution >= 4 is 10.8 Å². The molecule has 0 unspecified atom stereocenters. The number of benzene rings is 2. The highest BCUT2D eigenvalue weighted by atomic mass is 14.0. The number of unbranched alkanes of at least 4 members (excludes halogenated alkanes) is 16. The molecule has 0 N–H and O–H groups in total. The van der Waals surface area contributed by atoms with Crippen molar-refractivity contribution in [1.82, 2.24) is 0 Å². The molecule has 0 saturated carbocycles. The summed E-state index contributed by atoms with van der Waals surface area (Å²) in [5.41, 5.74) is 1.50. The van der Waals surface area contributed by atoms with Gasteiger partial charge in [-0.15, -0.1) is 0 Å². The zero-order valence-electron chi connectivity index (χ0n) is 21.1. The molecule has 0 aliphatic carbocycles. The van der Waals surface area contributed by atoms with Crippen LogP contribution in [0, 0.1) is 0 Å². The van der Waals surface area contributed by atoms with Crippen LogP contribution in [-0.4, -0.2) is 0 Å². The van der Waals surface area contributed by atoms with Gasteiger partial charge in [-0.05, 0) is 48.4 Å². The summed E-state index contributed by atoms with van der Waals surface area (Å²) in [4.78, 5) is 0. The first-order valence-electron chi connectivity index (χ1n) is 14.0. The van der Waals surface area contributed by atoms with Crippen molar-refractivity contribution in [1.29, 1.82) is 0 Å². The lowest BCUT2D eigenvalue weighted by Crippen LogP contribution is -1.87. The topological polar surface area (TPSA) is 0 Å². The van der Waals surface area contributed by atoms with E-state index < -0.39 is 0 Å². The molecule has 0 spiro atoms. The van der Waals surface area contributed by atoms with E-state index in [1.807, 2.05) is 0 Å². The third-order valence-corrected chi connectivity index (χ3v) is 6.79. The number of rotatable bonds is 20. The SMILES string of the molecule is CCCC/C=C/CCCCCCCCCCCCCCCCc1ccc2ccccc2c1. The minimum Gasteiger partial charge on any atom is -0.0885 e. The molecule has 2 aromatic rings. The highest BCUT2D eigenvalue weighted by Crippen LogP contribution is 2.18. The first kappa shape index (κ1) is 26.7. The van der Waals surface area contributed by atoms with E-state index in [2.05, 4.69) is 61.5 Å². The molecule has 0 nitrogen and oxygen atoms in total. The third-order valence-electron chi connectivity index (χ3n) is 6.79. The molecule has 2 aromatic carbocycles. The Kier molecular flexibility index (Phi) is 15.8. The lowest BCUT2D eigenvalue weighted by molar-refractivity contribution is 0.533. The van der Waals surface area contributed by atoms with Crippen LogP contribution in [-0.2, 0) is 6.42 Å². The molecule has 0 aliphatic rings. The maximum atomic E-state index is 2.40. The Morgan fingerprint density at radius 3 is 1.59 bits per heavy atom. The molecule has 2 rings (SSSR count). The fourth-order valence-electron chi connectivity index (χ4n) is 4.66.